The first kappa shape index (κ1) is 17.0. The van der Waals surface area contributed by atoms with Crippen molar-refractivity contribution in [2.75, 3.05) is 37.9 Å². The zero-order valence-corrected chi connectivity index (χ0v) is 13.7. The second kappa shape index (κ2) is 7.77. The quantitative estimate of drug-likeness (QED) is 0.552. The highest BCUT2D eigenvalue weighted by atomic mass is 32.2. The van der Waals surface area contributed by atoms with Crippen molar-refractivity contribution < 1.29 is 10.2 Å². The van der Waals surface area contributed by atoms with E-state index < -0.39 is 6.10 Å². The van der Waals surface area contributed by atoms with Crippen molar-refractivity contribution in [3.05, 3.63) is 18.1 Å². The van der Waals surface area contributed by atoms with Crippen LogP contribution in [0.3, 0.4) is 0 Å². The van der Waals surface area contributed by atoms with Crippen LogP contribution >= 0.6 is 11.8 Å². The van der Waals surface area contributed by atoms with Crippen LogP contribution in [0.5, 0.6) is 0 Å². The predicted molar refractivity (Wildman–Crippen MR) is 89.6 cm³/mol. The monoisotopic (exact) mass is 325 g/mol. The summed E-state index contributed by atoms with van der Waals surface area (Å²) in [4.78, 5) is 13.5. The van der Waals surface area contributed by atoms with Gasteiger partial charge in [-0.05, 0) is 19.1 Å². The summed E-state index contributed by atoms with van der Waals surface area (Å²) in [7, 11) is 1.99. The zero-order valence-electron chi connectivity index (χ0n) is 12.9. The zero-order chi connectivity index (χ0) is 16.1. The van der Waals surface area contributed by atoms with Crippen LogP contribution in [0, 0.1) is 5.92 Å². The highest BCUT2D eigenvalue weighted by Gasteiger charge is 2.20. The number of H-pyrrole nitrogens is 1. The van der Waals surface area contributed by atoms with Crippen molar-refractivity contribution in [3.8, 4) is 0 Å². The molecule has 0 saturated carbocycles. The van der Waals surface area contributed by atoms with Crippen molar-refractivity contribution in [2.45, 2.75) is 12.6 Å². The number of nitrogen functional groups attached to an aromatic ring is 1. The van der Waals surface area contributed by atoms with E-state index in [9.17, 15) is 5.11 Å². The van der Waals surface area contributed by atoms with Crippen molar-refractivity contribution in [1.29, 1.82) is 0 Å². The van der Waals surface area contributed by atoms with E-state index in [0.717, 1.165) is 22.3 Å². The van der Waals surface area contributed by atoms with Crippen molar-refractivity contribution >= 4 is 28.6 Å². The number of nitrogens with zero attached hydrogens (tertiary/aromatic N) is 3. The molecule has 2 aromatic rings. The molecule has 0 amide bonds. The first-order valence-electron chi connectivity index (χ1n) is 7.09. The Hall–Kier alpha value is -1.35. The van der Waals surface area contributed by atoms with Crippen molar-refractivity contribution in [2.24, 2.45) is 5.92 Å². The largest absolute Gasteiger partial charge is 0.394 e. The van der Waals surface area contributed by atoms with E-state index >= 15 is 0 Å². The topological polar surface area (TPSA) is 111 Å². The third-order valence-electron chi connectivity index (χ3n) is 3.67. The highest BCUT2D eigenvalue weighted by molar-refractivity contribution is 7.98. The summed E-state index contributed by atoms with van der Waals surface area (Å²) >= 11 is 1.67. The van der Waals surface area contributed by atoms with Gasteiger partial charge < -0.3 is 25.8 Å². The molecule has 2 aromatic heterocycles. The third kappa shape index (κ3) is 3.89. The molecule has 122 valence electrons. The molecular weight excluding hydrogens is 302 g/mol. The van der Waals surface area contributed by atoms with Crippen molar-refractivity contribution in [1.82, 2.24) is 19.9 Å². The number of aliphatic hydroxyl groups excluding tert-OH is 2. The summed E-state index contributed by atoms with van der Waals surface area (Å²) in [6.07, 6.45) is 4.64. The Bertz CT molecular complexity index is 606. The average molecular weight is 325 g/mol. The fraction of sp³-hybridized carbons (Fsp3) is 0.571. The minimum Gasteiger partial charge on any atom is -0.394 e. The molecule has 0 aromatic carbocycles. The first-order valence-corrected chi connectivity index (χ1v) is 8.49. The minimum atomic E-state index is -0.698. The summed E-state index contributed by atoms with van der Waals surface area (Å²) in [5, 5.41) is 19.1. The molecule has 0 aliphatic carbocycles. The molecule has 0 bridgehead atoms. The van der Waals surface area contributed by atoms with Crippen LogP contribution in [0.4, 0.5) is 5.82 Å². The lowest BCUT2D eigenvalue weighted by Crippen LogP contribution is -2.36. The SMILES string of the molecule is CSC[C@@H](CN(C)Cc1c[nH]c2c(N)ncnc12)[C@H](O)CO. The predicted octanol–water partition coefficient (Wildman–Crippen LogP) is 0.304. The Morgan fingerprint density at radius 1 is 1.45 bits per heavy atom. The van der Waals surface area contributed by atoms with Gasteiger partial charge in [0.1, 0.15) is 11.8 Å². The molecule has 2 atom stereocenters. The van der Waals surface area contributed by atoms with E-state index in [2.05, 4.69) is 19.9 Å². The average Bonchev–Trinajstić information content (AvgIpc) is 2.90. The molecule has 0 spiro atoms. The molecule has 7 nitrogen and oxygen atoms in total. The van der Waals surface area contributed by atoms with Crippen LogP contribution in [0.25, 0.3) is 11.0 Å². The van der Waals surface area contributed by atoms with Crippen LogP contribution in [0.1, 0.15) is 5.56 Å². The van der Waals surface area contributed by atoms with Crippen LogP contribution in [0.2, 0.25) is 0 Å². The molecular formula is C14H23N5O2S. The number of aromatic nitrogens is 3. The number of anilines is 1. The second-order valence-electron chi connectivity index (χ2n) is 5.46. The maximum Gasteiger partial charge on any atom is 0.151 e. The fourth-order valence-electron chi connectivity index (χ4n) is 2.54. The molecule has 0 aliphatic rings. The van der Waals surface area contributed by atoms with Gasteiger partial charge in [0.2, 0.25) is 0 Å². The van der Waals surface area contributed by atoms with Crippen LogP contribution in [0.15, 0.2) is 12.5 Å². The van der Waals surface area contributed by atoms with Crippen LogP contribution in [-0.4, -0.2) is 68.4 Å². The minimum absolute atomic E-state index is 0.0231. The molecule has 2 rings (SSSR count). The molecule has 0 unspecified atom stereocenters. The molecule has 0 saturated heterocycles. The maximum absolute atomic E-state index is 9.90. The number of fused-ring (bicyclic) bond motifs is 1. The van der Waals surface area contributed by atoms with Crippen LogP contribution in [-0.2, 0) is 6.54 Å². The Morgan fingerprint density at radius 3 is 2.91 bits per heavy atom. The van der Waals surface area contributed by atoms with E-state index in [-0.39, 0.29) is 12.5 Å². The number of nitrogens with one attached hydrogen (secondary N) is 1. The normalized spacial score (nSPS) is 14.6. The Balaban J connectivity index is 2.06. The van der Waals surface area contributed by atoms with Gasteiger partial charge in [0.15, 0.2) is 5.82 Å². The van der Waals surface area contributed by atoms with E-state index in [1.807, 2.05) is 19.5 Å². The van der Waals surface area contributed by atoms with Gasteiger partial charge in [-0.15, -0.1) is 0 Å². The molecule has 22 heavy (non-hydrogen) atoms. The molecule has 5 N–H and O–H groups in total. The van der Waals surface area contributed by atoms with Crippen LogP contribution < -0.4 is 5.73 Å². The Labute approximate surface area is 133 Å². The van der Waals surface area contributed by atoms with Gasteiger partial charge in [-0.3, -0.25) is 0 Å². The molecule has 0 fully saturated rings. The number of hydrogen-bond donors (Lipinski definition) is 4. The Morgan fingerprint density at radius 2 is 2.23 bits per heavy atom. The van der Waals surface area contributed by atoms with Gasteiger partial charge in [0.05, 0.1) is 18.2 Å². The Kier molecular flexibility index (Phi) is 6.01. The summed E-state index contributed by atoms with van der Waals surface area (Å²) in [5.41, 5.74) is 8.43. The number of aliphatic hydroxyl groups is 2. The summed E-state index contributed by atoms with van der Waals surface area (Å²) in [6.45, 7) is 1.16. The third-order valence-corrected chi connectivity index (χ3v) is 4.43. The lowest BCUT2D eigenvalue weighted by Gasteiger charge is -2.26. The number of nitrogens with two attached hydrogens (primary N) is 1. The second-order valence-corrected chi connectivity index (χ2v) is 6.37. The molecule has 2 heterocycles. The lowest BCUT2D eigenvalue weighted by atomic mass is 10.0. The number of thioether (sulfide) groups is 1. The molecule has 0 radical (unpaired) electrons. The van der Waals surface area contributed by atoms with Gasteiger partial charge in [0.25, 0.3) is 0 Å². The van der Waals surface area contributed by atoms with Crippen molar-refractivity contribution in [3.63, 3.8) is 0 Å². The summed E-state index contributed by atoms with van der Waals surface area (Å²) in [5.74, 6) is 1.26. The van der Waals surface area contributed by atoms with E-state index in [4.69, 9.17) is 10.8 Å². The number of aromatic amines is 1. The van der Waals surface area contributed by atoms with E-state index in [1.54, 1.807) is 11.8 Å². The fourth-order valence-corrected chi connectivity index (χ4v) is 3.29. The first-order chi connectivity index (χ1) is 10.6. The highest BCUT2D eigenvalue weighted by Crippen LogP contribution is 2.21. The summed E-state index contributed by atoms with van der Waals surface area (Å²) in [6, 6.07) is 0. The van der Waals surface area contributed by atoms with Gasteiger partial charge >= 0.3 is 0 Å². The maximum atomic E-state index is 9.90. The molecule has 0 aliphatic heterocycles. The van der Waals surface area contributed by atoms with Gasteiger partial charge in [0, 0.05) is 30.8 Å². The van der Waals surface area contributed by atoms with Gasteiger partial charge in [-0.25, -0.2) is 9.97 Å². The number of hydrogen-bond acceptors (Lipinski definition) is 7. The smallest absolute Gasteiger partial charge is 0.151 e. The van der Waals surface area contributed by atoms with Gasteiger partial charge in [-0.1, -0.05) is 0 Å². The summed E-state index contributed by atoms with van der Waals surface area (Å²) < 4.78 is 0. The lowest BCUT2D eigenvalue weighted by molar-refractivity contribution is 0.0423. The van der Waals surface area contributed by atoms with E-state index in [1.165, 1.54) is 6.33 Å². The number of rotatable bonds is 8. The standard InChI is InChI=1S/C14H23N5O2S/c1-19(5-10(7-22-2)11(21)6-20)4-9-3-16-13-12(9)17-8-18-14(13)15/h3,8,10-11,16,20-21H,4-7H2,1-2H3,(H2,15,17,18)/t10-,11-/m1/s1. The van der Waals surface area contributed by atoms with Gasteiger partial charge in [-0.2, -0.15) is 11.8 Å². The van der Waals surface area contributed by atoms with E-state index in [0.29, 0.717) is 18.9 Å². The molecule has 8 heteroatoms.